The molecule has 0 amide bonds. The van der Waals surface area contributed by atoms with Crippen LogP contribution >= 0.6 is 11.3 Å². The van der Waals surface area contributed by atoms with Gasteiger partial charge in [0.15, 0.2) is 5.13 Å². The van der Waals surface area contributed by atoms with E-state index < -0.39 is 0 Å². The smallest absolute Gasteiger partial charge is 0.185 e. The molecule has 0 radical (unpaired) electrons. The number of likely N-dealkylation sites (N-methyl/N-ethyl adjacent to an activating group) is 1. The molecular formula is C10H19N3S. The number of thiazole rings is 1. The predicted octanol–water partition coefficient (Wildman–Crippen LogP) is 1.88. The van der Waals surface area contributed by atoms with Crippen molar-refractivity contribution in [2.24, 2.45) is 5.73 Å². The largest absolute Gasteiger partial charge is 0.345 e. The standard InChI is InChI=1S/C10H19N3S/c1-5-8-6-14-9(12-8)13(4)10(2,3)7-11/h6H,5,7,11H2,1-4H3. The van der Waals surface area contributed by atoms with Crippen molar-refractivity contribution in [3.8, 4) is 0 Å². The number of rotatable bonds is 4. The van der Waals surface area contributed by atoms with E-state index in [4.69, 9.17) is 5.73 Å². The summed E-state index contributed by atoms with van der Waals surface area (Å²) in [5.41, 5.74) is 6.85. The predicted molar refractivity (Wildman–Crippen MR) is 63.0 cm³/mol. The summed E-state index contributed by atoms with van der Waals surface area (Å²) >= 11 is 1.68. The Kier molecular flexibility index (Phi) is 3.50. The van der Waals surface area contributed by atoms with Crippen molar-refractivity contribution in [3.63, 3.8) is 0 Å². The Morgan fingerprint density at radius 1 is 1.57 bits per heavy atom. The third-order valence-electron chi connectivity index (χ3n) is 2.60. The highest BCUT2D eigenvalue weighted by Gasteiger charge is 2.23. The lowest BCUT2D eigenvalue weighted by molar-refractivity contribution is 0.497. The van der Waals surface area contributed by atoms with Gasteiger partial charge in [0.25, 0.3) is 0 Å². The van der Waals surface area contributed by atoms with Gasteiger partial charge in [-0.3, -0.25) is 0 Å². The van der Waals surface area contributed by atoms with E-state index in [-0.39, 0.29) is 5.54 Å². The minimum absolute atomic E-state index is 0.0249. The van der Waals surface area contributed by atoms with Crippen LogP contribution in [0.5, 0.6) is 0 Å². The highest BCUT2D eigenvalue weighted by Crippen LogP contribution is 2.25. The fraction of sp³-hybridized carbons (Fsp3) is 0.700. The Balaban J connectivity index is 2.83. The molecule has 0 aliphatic carbocycles. The minimum Gasteiger partial charge on any atom is -0.345 e. The molecule has 1 aromatic heterocycles. The fourth-order valence-corrected chi connectivity index (χ4v) is 2.04. The zero-order valence-electron chi connectivity index (χ0n) is 9.37. The molecule has 0 bridgehead atoms. The van der Waals surface area contributed by atoms with Gasteiger partial charge >= 0.3 is 0 Å². The average Bonchev–Trinajstić information content (AvgIpc) is 2.64. The molecule has 80 valence electrons. The van der Waals surface area contributed by atoms with Crippen molar-refractivity contribution in [3.05, 3.63) is 11.1 Å². The normalized spacial score (nSPS) is 11.8. The van der Waals surface area contributed by atoms with Crippen LogP contribution in [0.15, 0.2) is 5.38 Å². The minimum atomic E-state index is -0.0249. The number of hydrogen-bond donors (Lipinski definition) is 1. The van der Waals surface area contributed by atoms with E-state index in [0.717, 1.165) is 17.2 Å². The zero-order chi connectivity index (χ0) is 10.8. The lowest BCUT2D eigenvalue weighted by Gasteiger charge is -2.34. The second kappa shape index (κ2) is 4.28. The molecular weight excluding hydrogens is 194 g/mol. The molecule has 0 atom stereocenters. The molecule has 0 saturated heterocycles. The molecule has 2 N–H and O–H groups in total. The number of aromatic nitrogens is 1. The van der Waals surface area contributed by atoms with Gasteiger partial charge < -0.3 is 10.6 Å². The summed E-state index contributed by atoms with van der Waals surface area (Å²) in [6.45, 7) is 7.00. The number of hydrogen-bond acceptors (Lipinski definition) is 4. The molecule has 14 heavy (non-hydrogen) atoms. The molecule has 1 rings (SSSR count). The second-order valence-electron chi connectivity index (χ2n) is 4.05. The molecule has 0 spiro atoms. The topological polar surface area (TPSA) is 42.1 Å². The van der Waals surface area contributed by atoms with E-state index in [1.54, 1.807) is 11.3 Å². The number of aryl methyl sites for hydroxylation is 1. The number of nitrogens with two attached hydrogens (primary N) is 1. The van der Waals surface area contributed by atoms with Gasteiger partial charge in [-0.2, -0.15) is 0 Å². The molecule has 0 aliphatic heterocycles. The Hall–Kier alpha value is -0.610. The Labute approximate surface area is 89.9 Å². The van der Waals surface area contributed by atoms with Crippen molar-refractivity contribution in [1.82, 2.24) is 4.98 Å². The first kappa shape index (κ1) is 11.5. The SMILES string of the molecule is CCc1csc(N(C)C(C)(C)CN)n1. The molecule has 0 saturated carbocycles. The van der Waals surface area contributed by atoms with Gasteiger partial charge in [-0.05, 0) is 20.3 Å². The molecule has 3 nitrogen and oxygen atoms in total. The maximum atomic E-state index is 5.72. The van der Waals surface area contributed by atoms with Crippen LogP contribution < -0.4 is 10.6 Å². The number of anilines is 1. The number of nitrogens with zero attached hydrogens (tertiary/aromatic N) is 2. The van der Waals surface area contributed by atoms with Crippen molar-refractivity contribution in [2.75, 3.05) is 18.5 Å². The Bertz CT molecular complexity index is 293. The molecule has 4 heteroatoms. The van der Waals surface area contributed by atoms with Gasteiger partial charge in [0, 0.05) is 24.5 Å². The monoisotopic (exact) mass is 213 g/mol. The zero-order valence-corrected chi connectivity index (χ0v) is 10.2. The first-order valence-corrected chi connectivity index (χ1v) is 5.77. The van der Waals surface area contributed by atoms with Crippen LogP contribution in [-0.2, 0) is 6.42 Å². The van der Waals surface area contributed by atoms with Crippen molar-refractivity contribution >= 4 is 16.5 Å². The van der Waals surface area contributed by atoms with E-state index >= 15 is 0 Å². The fourth-order valence-electron chi connectivity index (χ4n) is 1.01. The van der Waals surface area contributed by atoms with Gasteiger partial charge in [0.1, 0.15) is 0 Å². The van der Waals surface area contributed by atoms with Gasteiger partial charge in [0.2, 0.25) is 0 Å². The Morgan fingerprint density at radius 3 is 2.64 bits per heavy atom. The molecule has 0 aromatic carbocycles. The maximum absolute atomic E-state index is 5.72. The first-order valence-electron chi connectivity index (χ1n) is 4.89. The van der Waals surface area contributed by atoms with Crippen LogP contribution in [0.1, 0.15) is 26.5 Å². The summed E-state index contributed by atoms with van der Waals surface area (Å²) in [4.78, 5) is 6.68. The highest BCUT2D eigenvalue weighted by molar-refractivity contribution is 7.13. The highest BCUT2D eigenvalue weighted by atomic mass is 32.1. The van der Waals surface area contributed by atoms with Crippen molar-refractivity contribution < 1.29 is 0 Å². The Morgan fingerprint density at radius 2 is 2.21 bits per heavy atom. The van der Waals surface area contributed by atoms with E-state index in [1.165, 1.54) is 0 Å². The van der Waals surface area contributed by atoms with E-state index in [0.29, 0.717) is 6.54 Å². The van der Waals surface area contributed by atoms with Crippen LogP contribution in [0, 0.1) is 0 Å². The summed E-state index contributed by atoms with van der Waals surface area (Å²) in [5, 5.41) is 3.16. The molecule has 0 unspecified atom stereocenters. The van der Waals surface area contributed by atoms with Crippen molar-refractivity contribution in [2.45, 2.75) is 32.7 Å². The van der Waals surface area contributed by atoms with E-state index in [9.17, 15) is 0 Å². The summed E-state index contributed by atoms with van der Waals surface area (Å²) in [6.07, 6.45) is 0.993. The molecule has 0 fully saturated rings. The summed E-state index contributed by atoms with van der Waals surface area (Å²) in [5.74, 6) is 0. The van der Waals surface area contributed by atoms with E-state index in [2.05, 4.69) is 36.0 Å². The average molecular weight is 213 g/mol. The third kappa shape index (κ3) is 2.25. The lowest BCUT2D eigenvalue weighted by Crippen LogP contribution is -2.47. The summed E-state index contributed by atoms with van der Waals surface area (Å²) in [6, 6.07) is 0. The maximum Gasteiger partial charge on any atom is 0.185 e. The van der Waals surface area contributed by atoms with Crippen LogP contribution in [0.4, 0.5) is 5.13 Å². The van der Waals surface area contributed by atoms with Gasteiger partial charge in [-0.15, -0.1) is 11.3 Å². The van der Waals surface area contributed by atoms with Crippen LogP contribution in [-0.4, -0.2) is 24.1 Å². The second-order valence-corrected chi connectivity index (χ2v) is 4.89. The van der Waals surface area contributed by atoms with Gasteiger partial charge in [-0.1, -0.05) is 6.92 Å². The summed E-state index contributed by atoms with van der Waals surface area (Å²) in [7, 11) is 2.05. The van der Waals surface area contributed by atoms with Crippen LogP contribution in [0.2, 0.25) is 0 Å². The third-order valence-corrected chi connectivity index (χ3v) is 3.56. The molecule has 0 aliphatic rings. The van der Waals surface area contributed by atoms with Crippen LogP contribution in [0.25, 0.3) is 0 Å². The van der Waals surface area contributed by atoms with Gasteiger partial charge in [-0.25, -0.2) is 4.98 Å². The van der Waals surface area contributed by atoms with Crippen molar-refractivity contribution in [1.29, 1.82) is 0 Å². The van der Waals surface area contributed by atoms with E-state index in [1.807, 2.05) is 7.05 Å². The molecule has 1 aromatic rings. The molecule has 1 heterocycles. The summed E-state index contributed by atoms with van der Waals surface area (Å²) < 4.78 is 0. The van der Waals surface area contributed by atoms with Crippen LogP contribution in [0.3, 0.4) is 0 Å². The quantitative estimate of drug-likeness (QED) is 0.830. The van der Waals surface area contributed by atoms with Gasteiger partial charge in [0.05, 0.1) is 5.69 Å². The lowest BCUT2D eigenvalue weighted by atomic mass is 10.1. The first-order chi connectivity index (χ1) is 6.51.